The number of thiophene rings is 1. The van der Waals surface area contributed by atoms with E-state index in [9.17, 15) is 9.59 Å². The van der Waals surface area contributed by atoms with E-state index in [4.69, 9.17) is 33.3 Å². The number of methoxy groups -OCH3 is 2. The van der Waals surface area contributed by atoms with Crippen molar-refractivity contribution in [1.29, 1.82) is 0 Å². The molecule has 0 aliphatic carbocycles. The molecule has 0 spiro atoms. The van der Waals surface area contributed by atoms with Gasteiger partial charge in [-0.25, -0.2) is 9.59 Å². The van der Waals surface area contributed by atoms with E-state index >= 15 is 0 Å². The molecule has 1 heterocycles. The number of esters is 2. The normalized spacial score (nSPS) is 10.4. The van der Waals surface area contributed by atoms with Crippen molar-refractivity contribution in [2.75, 3.05) is 24.9 Å². The predicted molar refractivity (Wildman–Crippen MR) is 116 cm³/mol. The van der Waals surface area contributed by atoms with Crippen LogP contribution in [0.25, 0.3) is 10.1 Å². The highest BCUT2D eigenvalue weighted by atomic mass is 35.5. The number of hydrogen-bond donors (Lipinski definition) is 2. The summed E-state index contributed by atoms with van der Waals surface area (Å²) < 4.78 is 10.3. The van der Waals surface area contributed by atoms with Gasteiger partial charge in [0.05, 0.1) is 24.8 Å². The number of benzene rings is 2. The molecule has 28 heavy (non-hydrogen) atoms. The molecule has 0 bridgehead atoms. The van der Waals surface area contributed by atoms with E-state index in [-0.39, 0.29) is 0 Å². The van der Waals surface area contributed by atoms with Gasteiger partial charge in [-0.1, -0.05) is 17.7 Å². The van der Waals surface area contributed by atoms with Crippen LogP contribution in [0.5, 0.6) is 0 Å². The summed E-state index contributed by atoms with van der Waals surface area (Å²) in [5.74, 6) is -0.896. The van der Waals surface area contributed by atoms with Gasteiger partial charge in [0.15, 0.2) is 5.11 Å². The average Bonchev–Trinajstić information content (AvgIpc) is 3.02. The monoisotopic (exact) mass is 434 g/mol. The van der Waals surface area contributed by atoms with Gasteiger partial charge in [0.2, 0.25) is 0 Å². The van der Waals surface area contributed by atoms with Crippen molar-refractivity contribution >= 4 is 73.7 Å². The van der Waals surface area contributed by atoms with Crippen LogP contribution >= 0.6 is 35.2 Å². The van der Waals surface area contributed by atoms with Crippen molar-refractivity contribution in [3.63, 3.8) is 0 Å². The van der Waals surface area contributed by atoms with E-state index in [0.717, 1.165) is 15.8 Å². The number of carbonyl (C=O) groups excluding carboxylic acids is 2. The molecule has 0 fully saturated rings. The molecule has 0 saturated heterocycles. The van der Waals surface area contributed by atoms with Gasteiger partial charge in [0.25, 0.3) is 0 Å². The van der Waals surface area contributed by atoms with Crippen LogP contribution in [0.4, 0.5) is 11.4 Å². The summed E-state index contributed by atoms with van der Waals surface area (Å²) in [6.07, 6.45) is 0. The third-order valence-electron chi connectivity index (χ3n) is 3.80. The minimum atomic E-state index is -0.469. The molecule has 2 aromatic carbocycles. The van der Waals surface area contributed by atoms with Crippen LogP contribution in [0.2, 0.25) is 5.02 Å². The second kappa shape index (κ2) is 8.55. The van der Waals surface area contributed by atoms with Gasteiger partial charge in [-0.2, -0.15) is 0 Å². The van der Waals surface area contributed by atoms with E-state index in [1.165, 1.54) is 25.6 Å². The zero-order valence-electron chi connectivity index (χ0n) is 14.9. The summed E-state index contributed by atoms with van der Waals surface area (Å²) in [5, 5.41) is 7.57. The number of fused-ring (bicyclic) bond motifs is 1. The van der Waals surface area contributed by atoms with Crippen molar-refractivity contribution in [3.8, 4) is 0 Å². The van der Waals surface area contributed by atoms with E-state index in [0.29, 0.717) is 26.3 Å². The molecule has 0 aliphatic heterocycles. The molecule has 6 nitrogen and oxygen atoms in total. The van der Waals surface area contributed by atoms with Crippen molar-refractivity contribution in [2.45, 2.75) is 0 Å². The lowest BCUT2D eigenvalue weighted by molar-refractivity contribution is 0.0594. The lowest BCUT2D eigenvalue weighted by Crippen LogP contribution is -2.19. The Morgan fingerprint density at radius 2 is 1.68 bits per heavy atom. The first kappa shape index (κ1) is 20.1. The van der Waals surface area contributed by atoms with Gasteiger partial charge in [-0.15, -0.1) is 11.3 Å². The second-order valence-corrected chi connectivity index (χ2v) is 7.44. The Bertz CT molecular complexity index is 1080. The van der Waals surface area contributed by atoms with Crippen LogP contribution in [0.15, 0.2) is 42.5 Å². The lowest BCUT2D eigenvalue weighted by atomic mass is 10.2. The highest BCUT2D eigenvalue weighted by Crippen LogP contribution is 2.37. The minimum Gasteiger partial charge on any atom is -0.465 e. The maximum Gasteiger partial charge on any atom is 0.349 e. The number of thiocarbonyl (C=S) groups is 1. The minimum absolute atomic E-state index is 0.345. The number of ether oxygens (including phenoxy) is 2. The van der Waals surface area contributed by atoms with Crippen LogP contribution in [-0.2, 0) is 9.47 Å². The molecule has 1 aromatic heterocycles. The quantitative estimate of drug-likeness (QED) is 0.445. The Kier molecular flexibility index (Phi) is 6.13. The van der Waals surface area contributed by atoms with Gasteiger partial charge in [-0.3, -0.25) is 0 Å². The van der Waals surface area contributed by atoms with Gasteiger partial charge in [-0.05, 0) is 48.6 Å². The Labute approximate surface area is 175 Å². The molecule has 3 rings (SSSR count). The Morgan fingerprint density at radius 1 is 1.00 bits per heavy atom. The molecular weight excluding hydrogens is 420 g/mol. The second-order valence-electron chi connectivity index (χ2n) is 5.60. The van der Waals surface area contributed by atoms with Crippen molar-refractivity contribution < 1.29 is 19.1 Å². The first-order chi connectivity index (χ1) is 13.4. The summed E-state index contributed by atoms with van der Waals surface area (Å²) in [6, 6.07) is 12.3. The fourth-order valence-electron chi connectivity index (χ4n) is 2.50. The van der Waals surface area contributed by atoms with E-state index < -0.39 is 11.9 Å². The lowest BCUT2D eigenvalue weighted by Gasteiger charge is -2.11. The van der Waals surface area contributed by atoms with Gasteiger partial charge >= 0.3 is 11.9 Å². The standard InChI is InChI=1S/C19H15ClN2O4S2/c1-25-17(23)10-4-3-5-11(8-10)21-19(27)22-12-6-7-13-14(9-12)28-16(15(13)20)18(24)26-2/h3-9H,1-2H3,(H2,21,22,27). The Hall–Kier alpha value is -2.68. The first-order valence-corrected chi connectivity index (χ1v) is 9.60. The molecule has 0 saturated carbocycles. The summed E-state index contributed by atoms with van der Waals surface area (Å²) in [5.41, 5.74) is 1.79. The molecule has 0 atom stereocenters. The SMILES string of the molecule is COC(=O)c1cccc(NC(=S)Nc2ccc3c(Cl)c(C(=O)OC)sc3c2)c1. The zero-order valence-corrected chi connectivity index (χ0v) is 17.3. The van der Waals surface area contributed by atoms with Crippen LogP contribution in [0, 0.1) is 0 Å². The molecule has 0 aliphatic rings. The molecule has 9 heteroatoms. The smallest absolute Gasteiger partial charge is 0.349 e. The highest BCUT2D eigenvalue weighted by Gasteiger charge is 2.17. The third kappa shape index (κ3) is 4.24. The molecule has 0 amide bonds. The number of halogens is 1. The van der Waals surface area contributed by atoms with E-state index in [2.05, 4.69) is 10.6 Å². The Balaban J connectivity index is 1.76. The number of hydrogen-bond acceptors (Lipinski definition) is 6. The molecule has 2 N–H and O–H groups in total. The van der Waals surface area contributed by atoms with Gasteiger partial charge < -0.3 is 20.1 Å². The molecule has 3 aromatic rings. The van der Waals surface area contributed by atoms with Crippen LogP contribution in [-0.4, -0.2) is 31.3 Å². The van der Waals surface area contributed by atoms with Crippen LogP contribution in [0.3, 0.4) is 0 Å². The largest absolute Gasteiger partial charge is 0.465 e. The molecule has 0 radical (unpaired) electrons. The van der Waals surface area contributed by atoms with Crippen LogP contribution in [0.1, 0.15) is 20.0 Å². The molecule has 144 valence electrons. The first-order valence-electron chi connectivity index (χ1n) is 7.99. The van der Waals surface area contributed by atoms with Crippen molar-refractivity contribution in [1.82, 2.24) is 0 Å². The summed E-state index contributed by atoms with van der Waals surface area (Å²) in [7, 11) is 2.64. The zero-order chi connectivity index (χ0) is 20.3. The number of carbonyl (C=O) groups is 2. The summed E-state index contributed by atoms with van der Waals surface area (Å²) >= 11 is 12.8. The maximum atomic E-state index is 11.8. The number of rotatable bonds is 4. The highest BCUT2D eigenvalue weighted by molar-refractivity contribution is 7.80. The van der Waals surface area contributed by atoms with Gasteiger partial charge in [0.1, 0.15) is 4.88 Å². The average molecular weight is 435 g/mol. The van der Waals surface area contributed by atoms with E-state index in [1.807, 2.05) is 12.1 Å². The predicted octanol–water partition coefficient (Wildman–Crippen LogP) is 4.94. The fourth-order valence-corrected chi connectivity index (χ4v) is 4.20. The molecular formula is C19H15ClN2O4S2. The summed E-state index contributed by atoms with van der Waals surface area (Å²) in [6.45, 7) is 0. The van der Waals surface area contributed by atoms with Gasteiger partial charge in [0, 0.05) is 21.5 Å². The topological polar surface area (TPSA) is 76.7 Å². The van der Waals surface area contributed by atoms with E-state index in [1.54, 1.807) is 30.3 Å². The van der Waals surface area contributed by atoms with Crippen molar-refractivity contribution in [3.05, 3.63) is 57.9 Å². The number of anilines is 2. The van der Waals surface area contributed by atoms with Crippen molar-refractivity contribution in [2.24, 2.45) is 0 Å². The maximum absolute atomic E-state index is 11.8. The Morgan fingerprint density at radius 3 is 2.36 bits per heavy atom. The fraction of sp³-hybridized carbons (Fsp3) is 0.105. The van der Waals surface area contributed by atoms with Crippen LogP contribution < -0.4 is 10.6 Å². The summed E-state index contributed by atoms with van der Waals surface area (Å²) in [4.78, 5) is 23.8. The number of nitrogens with one attached hydrogen (secondary N) is 2. The molecule has 0 unspecified atom stereocenters. The third-order valence-corrected chi connectivity index (χ3v) is 5.64.